The summed E-state index contributed by atoms with van der Waals surface area (Å²) < 4.78 is 10.9. The normalized spacial score (nSPS) is 16.9. The Kier molecular flexibility index (Phi) is 6.94. The smallest absolute Gasteiger partial charge is 0.319 e. The average molecular weight is 372 g/mol. The Morgan fingerprint density at radius 2 is 1.96 bits per heavy atom. The van der Waals surface area contributed by atoms with Crippen LogP contribution in [0, 0.1) is 6.92 Å². The van der Waals surface area contributed by atoms with E-state index in [4.69, 9.17) is 9.47 Å². The Hall–Kier alpha value is -2.02. The number of ether oxygens (including phenoxy) is 2. The van der Waals surface area contributed by atoms with Crippen molar-refractivity contribution in [3.63, 3.8) is 0 Å². The van der Waals surface area contributed by atoms with Crippen LogP contribution in [-0.2, 0) is 15.2 Å². The van der Waals surface area contributed by atoms with E-state index in [0.717, 1.165) is 16.3 Å². The second kappa shape index (κ2) is 9.62. The fourth-order valence-electron chi connectivity index (χ4n) is 2.57. The zero-order valence-corrected chi connectivity index (χ0v) is 15.7. The van der Waals surface area contributed by atoms with Gasteiger partial charge in [0.2, 0.25) is 0 Å². The van der Waals surface area contributed by atoms with Gasteiger partial charge < -0.3 is 20.1 Å². The van der Waals surface area contributed by atoms with Gasteiger partial charge in [0, 0.05) is 17.2 Å². The number of hydrogen-bond donors (Lipinski definition) is 2. The van der Waals surface area contributed by atoms with Crippen molar-refractivity contribution < 1.29 is 14.3 Å². The van der Waals surface area contributed by atoms with E-state index < -0.39 is 0 Å². The van der Waals surface area contributed by atoms with Crippen molar-refractivity contribution in [1.82, 2.24) is 5.32 Å². The van der Waals surface area contributed by atoms with Gasteiger partial charge in [-0.3, -0.25) is 0 Å². The standard InChI is InChI=1S/C20H24N2O3S/c1-15-6-8-16(9-7-15)14-26-19-5-3-2-4-18(19)22-20(23)21-12-17-13-24-10-11-25-17/h2-9,17H,10-14H2,1H3,(H2,21,22,23)/t17-/m1/s1. The molecular weight excluding hydrogens is 348 g/mol. The molecule has 0 unspecified atom stereocenters. The minimum atomic E-state index is -0.234. The molecule has 2 aromatic rings. The number of rotatable bonds is 6. The summed E-state index contributed by atoms with van der Waals surface area (Å²) in [7, 11) is 0. The lowest BCUT2D eigenvalue weighted by molar-refractivity contribution is -0.0852. The number of amides is 2. The summed E-state index contributed by atoms with van der Waals surface area (Å²) in [6, 6.07) is 16.1. The van der Waals surface area contributed by atoms with Gasteiger partial charge in [-0.1, -0.05) is 42.0 Å². The molecule has 0 aliphatic carbocycles. The molecule has 1 fully saturated rings. The zero-order valence-electron chi connectivity index (χ0n) is 14.9. The van der Waals surface area contributed by atoms with Crippen molar-refractivity contribution in [2.24, 2.45) is 0 Å². The van der Waals surface area contributed by atoms with E-state index in [1.165, 1.54) is 11.1 Å². The van der Waals surface area contributed by atoms with Crippen molar-refractivity contribution >= 4 is 23.5 Å². The molecule has 6 heteroatoms. The van der Waals surface area contributed by atoms with Gasteiger partial charge in [-0.15, -0.1) is 11.8 Å². The predicted octanol–water partition coefficient (Wildman–Crippen LogP) is 3.82. The van der Waals surface area contributed by atoms with Gasteiger partial charge in [-0.05, 0) is 24.6 Å². The number of hydrogen-bond acceptors (Lipinski definition) is 4. The summed E-state index contributed by atoms with van der Waals surface area (Å²) in [5, 5.41) is 5.77. The molecule has 26 heavy (non-hydrogen) atoms. The molecule has 2 N–H and O–H groups in total. The summed E-state index contributed by atoms with van der Waals surface area (Å²) in [4.78, 5) is 13.2. The van der Waals surface area contributed by atoms with E-state index in [1.54, 1.807) is 11.8 Å². The van der Waals surface area contributed by atoms with Gasteiger partial charge in [0.05, 0.1) is 31.6 Å². The first kappa shape index (κ1) is 18.8. The van der Waals surface area contributed by atoms with Crippen LogP contribution in [-0.4, -0.2) is 38.5 Å². The molecule has 2 amide bonds. The highest BCUT2D eigenvalue weighted by molar-refractivity contribution is 7.98. The monoisotopic (exact) mass is 372 g/mol. The lowest BCUT2D eigenvalue weighted by atomic mass is 10.2. The molecule has 138 valence electrons. The van der Waals surface area contributed by atoms with Crippen molar-refractivity contribution in [1.29, 1.82) is 0 Å². The lowest BCUT2D eigenvalue weighted by Crippen LogP contribution is -2.41. The van der Waals surface area contributed by atoms with Gasteiger partial charge >= 0.3 is 6.03 Å². The molecule has 0 bridgehead atoms. The number of carbonyl (C=O) groups excluding carboxylic acids is 1. The number of urea groups is 1. The average Bonchev–Trinajstić information content (AvgIpc) is 2.68. The summed E-state index contributed by atoms with van der Waals surface area (Å²) in [5.41, 5.74) is 3.32. The van der Waals surface area contributed by atoms with E-state index >= 15 is 0 Å². The molecule has 1 aliphatic heterocycles. The highest BCUT2D eigenvalue weighted by Gasteiger charge is 2.15. The predicted molar refractivity (Wildman–Crippen MR) is 105 cm³/mol. The summed E-state index contributed by atoms with van der Waals surface area (Å²) in [6.45, 7) is 4.23. The SMILES string of the molecule is Cc1ccc(CSc2ccccc2NC(=O)NC[C@@H]2COCCO2)cc1. The molecule has 1 aliphatic rings. The molecule has 1 saturated heterocycles. The van der Waals surface area contributed by atoms with Gasteiger partial charge in [0.15, 0.2) is 0 Å². The molecule has 1 atom stereocenters. The third kappa shape index (κ3) is 5.76. The number of para-hydroxylation sites is 1. The fourth-order valence-corrected chi connectivity index (χ4v) is 3.53. The number of aryl methyl sites for hydroxylation is 1. The van der Waals surface area contributed by atoms with Crippen LogP contribution in [0.1, 0.15) is 11.1 Å². The van der Waals surface area contributed by atoms with Crippen LogP contribution < -0.4 is 10.6 Å². The van der Waals surface area contributed by atoms with E-state index in [0.29, 0.717) is 26.4 Å². The summed E-state index contributed by atoms with van der Waals surface area (Å²) in [6.07, 6.45) is -0.0827. The van der Waals surface area contributed by atoms with Crippen LogP contribution in [0.15, 0.2) is 53.4 Å². The van der Waals surface area contributed by atoms with Crippen molar-refractivity contribution in [3.8, 4) is 0 Å². The Morgan fingerprint density at radius 3 is 2.73 bits per heavy atom. The Labute approximate surface area is 158 Å². The number of nitrogens with one attached hydrogen (secondary N) is 2. The minimum absolute atomic E-state index is 0.0827. The van der Waals surface area contributed by atoms with Crippen molar-refractivity contribution in [2.45, 2.75) is 23.7 Å². The van der Waals surface area contributed by atoms with Gasteiger partial charge in [-0.25, -0.2) is 4.79 Å². The van der Waals surface area contributed by atoms with Gasteiger partial charge in [0.1, 0.15) is 0 Å². The minimum Gasteiger partial charge on any atom is -0.376 e. The zero-order chi connectivity index (χ0) is 18.2. The van der Waals surface area contributed by atoms with E-state index in [1.807, 2.05) is 24.3 Å². The maximum Gasteiger partial charge on any atom is 0.319 e. The molecule has 0 aromatic heterocycles. The molecule has 0 spiro atoms. The molecule has 5 nitrogen and oxygen atoms in total. The van der Waals surface area contributed by atoms with Crippen molar-refractivity contribution in [3.05, 3.63) is 59.7 Å². The molecule has 3 rings (SSSR count). The van der Waals surface area contributed by atoms with Crippen LogP contribution in [0.4, 0.5) is 10.5 Å². The highest BCUT2D eigenvalue weighted by atomic mass is 32.2. The largest absolute Gasteiger partial charge is 0.376 e. The van der Waals surface area contributed by atoms with Crippen LogP contribution in [0.25, 0.3) is 0 Å². The second-order valence-corrected chi connectivity index (χ2v) is 7.19. The summed E-state index contributed by atoms with van der Waals surface area (Å²) in [5.74, 6) is 0.855. The lowest BCUT2D eigenvalue weighted by Gasteiger charge is -2.23. The van der Waals surface area contributed by atoms with E-state index in [-0.39, 0.29) is 12.1 Å². The van der Waals surface area contributed by atoms with Gasteiger partial charge in [0.25, 0.3) is 0 Å². The van der Waals surface area contributed by atoms with Crippen LogP contribution in [0.3, 0.4) is 0 Å². The second-order valence-electron chi connectivity index (χ2n) is 6.17. The number of thioether (sulfide) groups is 1. The number of carbonyl (C=O) groups is 1. The topological polar surface area (TPSA) is 59.6 Å². The van der Waals surface area contributed by atoms with E-state index in [2.05, 4.69) is 41.8 Å². The van der Waals surface area contributed by atoms with Crippen molar-refractivity contribution in [2.75, 3.05) is 31.7 Å². The molecule has 2 aromatic carbocycles. The third-order valence-corrected chi connectivity index (χ3v) is 5.17. The molecule has 0 radical (unpaired) electrons. The Morgan fingerprint density at radius 1 is 1.15 bits per heavy atom. The number of benzene rings is 2. The van der Waals surface area contributed by atoms with E-state index in [9.17, 15) is 4.79 Å². The first-order valence-electron chi connectivity index (χ1n) is 8.72. The van der Waals surface area contributed by atoms with Crippen LogP contribution in [0.5, 0.6) is 0 Å². The Bertz CT molecular complexity index is 715. The molecule has 1 heterocycles. The molecular formula is C20H24N2O3S. The first-order valence-corrected chi connectivity index (χ1v) is 9.71. The first-order chi connectivity index (χ1) is 12.7. The fraction of sp³-hybridized carbons (Fsp3) is 0.350. The quantitative estimate of drug-likeness (QED) is 0.757. The maximum atomic E-state index is 12.2. The number of anilines is 1. The summed E-state index contributed by atoms with van der Waals surface area (Å²) >= 11 is 1.71. The third-order valence-electron chi connectivity index (χ3n) is 4.03. The van der Waals surface area contributed by atoms with Crippen LogP contribution >= 0.6 is 11.8 Å². The Balaban J connectivity index is 1.52. The van der Waals surface area contributed by atoms with Crippen LogP contribution in [0.2, 0.25) is 0 Å². The highest BCUT2D eigenvalue weighted by Crippen LogP contribution is 2.29. The van der Waals surface area contributed by atoms with Gasteiger partial charge in [-0.2, -0.15) is 0 Å². The maximum absolute atomic E-state index is 12.2. The molecule has 0 saturated carbocycles.